The molecular weight excluding hydrogens is 212 g/mol. The number of benzene rings is 2. The molecule has 0 amide bonds. The Balaban J connectivity index is 1.90. The van der Waals surface area contributed by atoms with Gasteiger partial charge < -0.3 is 0 Å². The highest BCUT2D eigenvalue weighted by Crippen LogP contribution is 2.39. The van der Waals surface area contributed by atoms with Gasteiger partial charge in [-0.2, -0.15) is 9.78 Å². The quantitative estimate of drug-likeness (QED) is 0.421. The molecule has 2 aromatic rings. The third-order valence-corrected chi connectivity index (χ3v) is 2.55. The molecule has 0 unspecified atom stereocenters. The average Bonchev–Trinajstić information content (AvgIpc) is 3.20. The highest BCUT2D eigenvalue weighted by atomic mass is 17.4. The van der Waals surface area contributed by atoms with Gasteiger partial charge in [-0.1, -0.05) is 54.5 Å². The summed E-state index contributed by atoms with van der Waals surface area (Å²) >= 11 is 0. The van der Waals surface area contributed by atoms with Gasteiger partial charge in [0.1, 0.15) is 0 Å². The smallest absolute Gasteiger partial charge is 0.174 e. The van der Waals surface area contributed by atoms with Crippen molar-refractivity contribution in [2.45, 2.75) is 5.79 Å². The van der Waals surface area contributed by atoms with Crippen LogP contribution in [0.2, 0.25) is 0 Å². The van der Waals surface area contributed by atoms with Crippen molar-refractivity contribution < 1.29 is 9.78 Å². The maximum atomic E-state index is 5.03. The van der Waals surface area contributed by atoms with E-state index in [9.17, 15) is 0 Å². The average molecular weight is 222 g/mol. The molecule has 0 spiro atoms. The summed E-state index contributed by atoms with van der Waals surface area (Å²) in [7, 11) is 0. The van der Waals surface area contributed by atoms with Crippen LogP contribution in [0.25, 0.3) is 0 Å². The minimum absolute atomic E-state index is 0.864. The van der Waals surface area contributed by atoms with Crippen molar-refractivity contribution in [3.63, 3.8) is 0 Å². The van der Waals surface area contributed by atoms with Crippen LogP contribution < -0.4 is 0 Å². The summed E-state index contributed by atoms with van der Waals surface area (Å²) in [5.74, 6) is 5.19. The lowest BCUT2D eigenvalue weighted by Crippen LogP contribution is -2.03. The van der Waals surface area contributed by atoms with Crippen molar-refractivity contribution in [3.8, 4) is 11.8 Å². The van der Waals surface area contributed by atoms with E-state index in [1.807, 2.05) is 60.7 Å². The van der Waals surface area contributed by atoms with E-state index >= 15 is 0 Å². The summed E-state index contributed by atoms with van der Waals surface area (Å²) in [5.41, 5.74) is 1.87. The molecule has 0 aromatic heterocycles. The van der Waals surface area contributed by atoms with Crippen LogP contribution in [-0.4, -0.2) is 0 Å². The Morgan fingerprint density at radius 2 is 1.35 bits per heavy atom. The van der Waals surface area contributed by atoms with Crippen molar-refractivity contribution >= 4 is 0 Å². The lowest BCUT2D eigenvalue weighted by atomic mass is 10.1. The van der Waals surface area contributed by atoms with Crippen LogP contribution >= 0.6 is 0 Å². The molecule has 0 bridgehead atoms. The molecule has 1 fully saturated rings. The summed E-state index contributed by atoms with van der Waals surface area (Å²) < 4.78 is 0. The van der Waals surface area contributed by atoms with E-state index < -0.39 is 5.79 Å². The minimum Gasteiger partial charge on any atom is -0.174 e. The zero-order valence-corrected chi connectivity index (χ0v) is 9.09. The molecule has 1 saturated heterocycles. The van der Waals surface area contributed by atoms with Gasteiger partial charge in [0.25, 0.3) is 0 Å². The molecule has 82 valence electrons. The Morgan fingerprint density at radius 3 is 1.94 bits per heavy atom. The van der Waals surface area contributed by atoms with Crippen LogP contribution in [0.1, 0.15) is 11.1 Å². The molecule has 0 aliphatic carbocycles. The second-order valence-electron chi connectivity index (χ2n) is 3.77. The van der Waals surface area contributed by atoms with Crippen LogP contribution in [0.4, 0.5) is 0 Å². The van der Waals surface area contributed by atoms with E-state index in [4.69, 9.17) is 9.78 Å². The van der Waals surface area contributed by atoms with E-state index in [1.165, 1.54) is 0 Å². The summed E-state index contributed by atoms with van der Waals surface area (Å²) in [5, 5.41) is 0. The summed E-state index contributed by atoms with van der Waals surface area (Å²) in [6.07, 6.45) is 0. The Kier molecular flexibility index (Phi) is 2.41. The summed E-state index contributed by atoms with van der Waals surface area (Å²) in [6, 6.07) is 19.5. The van der Waals surface area contributed by atoms with Crippen molar-refractivity contribution in [1.82, 2.24) is 0 Å². The fraction of sp³-hybridized carbons (Fsp3) is 0.0667. The number of hydrogen-bond donors (Lipinski definition) is 0. The molecule has 0 radical (unpaired) electrons. The first-order chi connectivity index (χ1) is 8.39. The third-order valence-electron chi connectivity index (χ3n) is 2.55. The molecule has 0 N–H and O–H groups in total. The third kappa shape index (κ3) is 2.07. The second kappa shape index (κ2) is 4.06. The fourth-order valence-electron chi connectivity index (χ4n) is 1.59. The van der Waals surface area contributed by atoms with Gasteiger partial charge in [0.2, 0.25) is 0 Å². The molecule has 2 heteroatoms. The Labute approximate surface area is 99.7 Å². The van der Waals surface area contributed by atoms with E-state index in [0.717, 1.165) is 11.1 Å². The lowest BCUT2D eigenvalue weighted by Gasteiger charge is -1.98. The van der Waals surface area contributed by atoms with Gasteiger partial charge in [-0.05, 0) is 18.1 Å². The van der Waals surface area contributed by atoms with Crippen LogP contribution in [0.5, 0.6) is 0 Å². The Bertz CT molecular complexity index is 560. The van der Waals surface area contributed by atoms with Crippen LogP contribution in [0.3, 0.4) is 0 Å². The standard InChI is InChI=1S/C15H10O2/c1-3-7-13(8-4-1)11-12-15(16-17-15)14-9-5-2-6-10-14/h1-10H. The van der Waals surface area contributed by atoms with Gasteiger partial charge in [-0.25, -0.2) is 0 Å². The van der Waals surface area contributed by atoms with E-state index in [0.29, 0.717) is 0 Å². The monoisotopic (exact) mass is 222 g/mol. The molecule has 1 heterocycles. The minimum atomic E-state index is -0.864. The SMILES string of the molecule is C(#CC1(c2ccccc2)OO1)c1ccccc1. The maximum Gasteiger partial charge on any atom is 0.319 e. The summed E-state index contributed by atoms with van der Waals surface area (Å²) in [6.45, 7) is 0. The topological polar surface area (TPSA) is 25.1 Å². The largest absolute Gasteiger partial charge is 0.319 e. The van der Waals surface area contributed by atoms with Gasteiger partial charge >= 0.3 is 5.79 Å². The first-order valence-corrected chi connectivity index (χ1v) is 5.40. The first-order valence-electron chi connectivity index (χ1n) is 5.40. The highest BCUT2D eigenvalue weighted by molar-refractivity contribution is 5.39. The van der Waals surface area contributed by atoms with Crippen LogP contribution in [-0.2, 0) is 15.6 Å². The molecule has 0 saturated carbocycles. The molecule has 2 aromatic carbocycles. The van der Waals surface area contributed by atoms with Gasteiger partial charge in [-0.15, -0.1) is 0 Å². The first kappa shape index (κ1) is 10.1. The van der Waals surface area contributed by atoms with Crippen molar-refractivity contribution in [2.24, 2.45) is 0 Å². The number of hydrogen-bond acceptors (Lipinski definition) is 2. The maximum absolute atomic E-state index is 5.03. The van der Waals surface area contributed by atoms with Gasteiger partial charge in [0, 0.05) is 11.1 Å². The predicted molar refractivity (Wildman–Crippen MR) is 63.6 cm³/mol. The van der Waals surface area contributed by atoms with Crippen molar-refractivity contribution in [1.29, 1.82) is 0 Å². The van der Waals surface area contributed by atoms with E-state index in [1.54, 1.807) is 0 Å². The van der Waals surface area contributed by atoms with Crippen LogP contribution in [0, 0.1) is 11.8 Å². The molecular formula is C15H10O2. The fourth-order valence-corrected chi connectivity index (χ4v) is 1.59. The van der Waals surface area contributed by atoms with Crippen molar-refractivity contribution in [2.75, 3.05) is 0 Å². The normalized spacial score (nSPS) is 15.8. The van der Waals surface area contributed by atoms with E-state index in [-0.39, 0.29) is 0 Å². The van der Waals surface area contributed by atoms with Gasteiger partial charge in [0.05, 0.1) is 0 Å². The summed E-state index contributed by atoms with van der Waals surface area (Å²) in [4.78, 5) is 10.1. The zero-order chi connectivity index (χ0) is 11.6. The van der Waals surface area contributed by atoms with E-state index in [2.05, 4.69) is 11.8 Å². The molecule has 17 heavy (non-hydrogen) atoms. The van der Waals surface area contributed by atoms with Gasteiger partial charge in [0.15, 0.2) is 0 Å². The molecule has 2 nitrogen and oxygen atoms in total. The number of rotatable bonds is 1. The molecule has 1 aliphatic rings. The Hall–Kier alpha value is -2.08. The molecule has 1 aliphatic heterocycles. The van der Waals surface area contributed by atoms with Gasteiger partial charge in [-0.3, -0.25) is 0 Å². The zero-order valence-electron chi connectivity index (χ0n) is 9.09. The Morgan fingerprint density at radius 1 is 0.765 bits per heavy atom. The molecule has 0 atom stereocenters. The second-order valence-corrected chi connectivity index (χ2v) is 3.77. The molecule has 3 rings (SSSR count). The van der Waals surface area contributed by atoms with Crippen LogP contribution in [0.15, 0.2) is 60.7 Å². The predicted octanol–water partition coefficient (Wildman–Crippen LogP) is 2.85. The van der Waals surface area contributed by atoms with Crippen molar-refractivity contribution in [3.05, 3.63) is 71.8 Å². The highest BCUT2D eigenvalue weighted by Gasteiger charge is 2.49. The lowest BCUT2D eigenvalue weighted by molar-refractivity contribution is 0.0850.